The molecule has 1 aliphatic rings. The summed E-state index contributed by atoms with van der Waals surface area (Å²) in [6.45, 7) is 9.50. The highest BCUT2D eigenvalue weighted by molar-refractivity contribution is 4.71. The molecule has 1 unspecified atom stereocenters. The van der Waals surface area contributed by atoms with Crippen LogP contribution in [0.3, 0.4) is 0 Å². The second-order valence-corrected chi connectivity index (χ2v) is 5.08. The van der Waals surface area contributed by atoms with E-state index >= 15 is 0 Å². The van der Waals surface area contributed by atoms with E-state index in [1.807, 2.05) is 20.8 Å². The first-order chi connectivity index (χ1) is 6.47. The zero-order chi connectivity index (χ0) is 10.6. The molecule has 0 aromatic carbocycles. The number of nitrogens with zero attached hydrogens (tertiary/aromatic N) is 1. The van der Waals surface area contributed by atoms with Crippen molar-refractivity contribution in [1.29, 1.82) is 0 Å². The number of rotatable bonds is 4. The van der Waals surface area contributed by atoms with Crippen LogP contribution in [0.2, 0.25) is 0 Å². The third-order valence-corrected chi connectivity index (χ3v) is 2.38. The Bertz CT molecular complexity index is 159. The van der Waals surface area contributed by atoms with E-state index in [1.165, 1.54) is 12.8 Å². The van der Waals surface area contributed by atoms with Gasteiger partial charge in [-0.2, -0.15) is 0 Å². The molecule has 1 atom stereocenters. The normalized spacial score (nSPS) is 21.4. The lowest BCUT2D eigenvalue weighted by Gasteiger charge is -2.24. The molecular weight excluding hydrogens is 178 g/mol. The van der Waals surface area contributed by atoms with Crippen LogP contribution in [0.5, 0.6) is 0 Å². The fraction of sp³-hybridized carbons (Fsp3) is 1.00. The van der Waals surface area contributed by atoms with Crippen LogP contribution >= 0.6 is 0 Å². The second-order valence-electron chi connectivity index (χ2n) is 5.08. The van der Waals surface area contributed by atoms with E-state index in [1.54, 1.807) is 0 Å². The fourth-order valence-electron chi connectivity index (χ4n) is 1.66. The molecule has 0 spiro atoms. The van der Waals surface area contributed by atoms with Crippen molar-refractivity contribution in [2.45, 2.75) is 45.3 Å². The zero-order valence-electron chi connectivity index (χ0n) is 9.62. The van der Waals surface area contributed by atoms with Crippen LogP contribution in [-0.2, 0) is 4.74 Å². The summed E-state index contributed by atoms with van der Waals surface area (Å²) >= 11 is 0. The summed E-state index contributed by atoms with van der Waals surface area (Å²) in [6.07, 6.45) is 2.20. The molecule has 0 aromatic rings. The van der Waals surface area contributed by atoms with Gasteiger partial charge in [0, 0.05) is 6.54 Å². The molecule has 1 heterocycles. The van der Waals surface area contributed by atoms with Gasteiger partial charge >= 0.3 is 0 Å². The average Bonchev–Trinajstić information content (AvgIpc) is 2.52. The smallest absolute Gasteiger partial charge is 0.0900 e. The Morgan fingerprint density at radius 3 is 2.36 bits per heavy atom. The van der Waals surface area contributed by atoms with E-state index in [4.69, 9.17) is 4.74 Å². The summed E-state index contributed by atoms with van der Waals surface area (Å²) in [7, 11) is 0. The highest BCUT2D eigenvalue weighted by Crippen LogP contribution is 2.10. The van der Waals surface area contributed by atoms with E-state index < -0.39 is 0 Å². The van der Waals surface area contributed by atoms with Gasteiger partial charge in [0.2, 0.25) is 0 Å². The summed E-state index contributed by atoms with van der Waals surface area (Å²) in [5.41, 5.74) is -0.147. The largest absolute Gasteiger partial charge is 0.389 e. The molecule has 1 saturated heterocycles. The van der Waals surface area contributed by atoms with Crippen molar-refractivity contribution in [2.24, 2.45) is 0 Å². The third-order valence-electron chi connectivity index (χ3n) is 2.38. The molecular formula is C11H23NO2. The van der Waals surface area contributed by atoms with Crippen molar-refractivity contribution in [3.05, 3.63) is 0 Å². The number of likely N-dealkylation sites (tertiary alicyclic amines) is 1. The van der Waals surface area contributed by atoms with Gasteiger partial charge in [0.05, 0.1) is 18.3 Å². The van der Waals surface area contributed by atoms with E-state index in [0.29, 0.717) is 6.61 Å². The molecule has 0 saturated carbocycles. The third kappa shape index (κ3) is 4.94. The van der Waals surface area contributed by atoms with E-state index in [-0.39, 0.29) is 11.7 Å². The maximum atomic E-state index is 9.71. The molecule has 84 valence electrons. The summed E-state index contributed by atoms with van der Waals surface area (Å²) in [4.78, 5) is 2.30. The van der Waals surface area contributed by atoms with Crippen LogP contribution in [0.25, 0.3) is 0 Å². The van der Waals surface area contributed by atoms with Gasteiger partial charge in [0.1, 0.15) is 0 Å². The number of aliphatic hydroxyl groups is 1. The highest BCUT2D eigenvalue weighted by atomic mass is 16.5. The van der Waals surface area contributed by atoms with E-state index in [9.17, 15) is 5.11 Å². The molecule has 0 aromatic heterocycles. The summed E-state index contributed by atoms with van der Waals surface area (Å²) in [6, 6.07) is 0. The standard InChI is InChI=1S/C11H23NO2/c1-11(2,3)14-9-10(13)8-12-6-4-5-7-12/h10,13H,4-9H2,1-3H3. The van der Waals surface area contributed by atoms with Crippen molar-refractivity contribution in [1.82, 2.24) is 4.90 Å². The fourth-order valence-corrected chi connectivity index (χ4v) is 1.66. The SMILES string of the molecule is CC(C)(C)OCC(O)CN1CCCC1. The Morgan fingerprint density at radius 2 is 1.86 bits per heavy atom. The summed E-state index contributed by atoms with van der Waals surface area (Å²) in [5.74, 6) is 0. The first kappa shape index (κ1) is 12.0. The first-order valence-electron chi connectivity index (χ1n) is 5.52. The molecule has 0 aliphatic carbocycles. The van der Waals surface area contributed by atoms with Gasteiger partial charge in [-0.1, -0.05) is 0 Å². The average molecular weight is 201 g/mol. The lowest BCUT2D eigenvalue weighted by molar-refractivity contribution is -0.0547. The van der Waals surface area contributed by atoms with E-state index in [2.05, 4.69) is 4.90 Å². The first-order valence-corrected chi connectivity index (χ1v) is 5.52. The quantitative estimate of drug-likeness (QED) is 0.743. The highest BCUT2D eigenvalue weighted by Gasteiger charge is 2.18. The van der Waals surface area contributed by atoms with Crippen LogP contribution in [-0.4, -0.2) is 48.0 Å². The molecule has 1 fully saturated rings. The Morgan fingerprint density at radius 1 is 1.29 bits per heavy atom. The molecule has 0 radical (unpaired) electrons. The van der Waals surface area contributed by atoms with Crippen LogP contribution in [0, 0.1) is 0 Å². The topological polar surface area (TPSA) is 32.7 Å². The molecule has 0 bridgehead atoms. The number of hydrogen-bond donors (Lipinski definition) is 1. The Labute approximate surface area is 87.1 Å². The van der Waals surface area contributed by atoms with Crippen LogP contribution in [0.1, 0.15) is 33.6 Å². The Kier molecular flexibility index (Phi) is 4.35. The van der Waals surface area contributed by atoms with Crippen LogP contribution in [0.15, 0.2) is 0 Å². The molecule has 3 heteroatoms. The molecule has 1 rings (SSSR count). The summed E-state index contributed by atoms with van der Waals surface area (Å²) in [5, 5.41) is 9.71. The lowest BCUT2D eigenvalue weighted by Crippen LogP contribution is -2.35. The minimum atomic E-state index is -0.340. The van der Waals surface area contributed by atoms with E-state index in [0.717, 1.165) is 19.6 Å². The van der Waals surface area contributed by atoms with Gasteiger partial charge < -0.3 is 14.7 Å². The van der Waals surface area contributed by atoms with Crippen molar-refractivity contribution in [3.63, 3.8) is 0 Å². The van der Waals surface area contributed by atoms with Gasteiger partial charge in [-0.15, -0.1) is 0 Å². The molecule has 1 aliphatic heterocycles. The predicted octanol–water partition coefficient (Wildman–Crippen LogP) is 1.26. The molecule has 0 amide bonds. The lowest BCUT2D eigenvalue weighted by atomic mass is 10.2. The maximum Gasteiger partial charge on any atom is 0.0900 e. The number of aliphatic hydroxyl groups excluding tert-OH is 1. The summed E-state index contributed by atoms with van der Waals surface area (Å²) < 4.78 is 5.52. The Hall–Kier alpha value is -0.120. The maximum absolute atomic E-state index is 9.71. The van der Waals surface area contributed by atoms with Crippen LogP contribution in [0.4, 0.5) is 0 Å². The van der Waals surface area contributed by atoms with Crippen molar-refractivity contribution in [2.75, 3.05) is 26.2 Å². The Balaban J connectivity index is 2.12. The molecule has 1 N–H and O–H groups in total. The van der Waals surface area contributed by atoms with Gasteiger partial charge in [-0.25, -0.2) is 0 Å². The van der Waals surface area contributed by atoms with Crippen LogP contribution < -0.4 is 0 Å². The minimum absolute atomic E-state index is 0.147. The number of ether oxygens (including phenoxy) is 1. The van der Waals surface area contributed by atoms with Gasteiger partial charge in [-0.05, 0) is 46.7 Å². The van der Waals surface area contributed by atoms with Crippen molar-refractivity contribution >= 4 is 0 Å². The van der Waals surface area contributed by atoms with Gasteiger partial charge in [0.25, 0.3) is 0 Å². The number of hydrogen-bond acceptors (Lipinski definition) is 3. The zero-order valence-corrected chi connectivity index (χ0v) is 9.62. The molecule has 14 heavy (non-hydrogen) atoms. The second kappa shape index (κ2) is 5.10. The minimum Gasteiger partial charge on any atom is -0.389 e. The van der Waals surface area contributed by atoms with Crippen molar-refractivity contribution < 1.29 is 9.84 Å². The predicted molar refractivity (Wildman–Crippen MR) is 57.4 cm³/mol. The van der Waals surface area contributed by atoms with Gasteiger partial charge in [0.15, 0.2) is 0 Å². The number of β-amino-alcohol motifs (C(OH)–C–C–N with tert-alkyl or cyclic N) is 1. The van der Waals surface area contributed by atoms with Gasteiger partial charge in [-0.3, -0.25) is 0 Å². The monoisotopic (exact) mass is 201 g/mol. The molecule has 3 nitrogen and oxygen atoms in total. The van der Waals surface area contributed by atoms with Crippen molar-refractivity contribution in [3.8, 4) is 0 Å².